The van der Waals surface area contributed by atoms with Crippen LogP contribution in [0.3, 0.4) is 0 Å². The Kier molecular flexibility index (Phi) is 5.98. The van der Waals surface area contributed by atoms with Gasteiger partial charge in [-0.25, -0.2) is 4.68 Å². The Morgan fingerprint density at radius 3 is 2.75 bits per heavy atom. The molecule has 1 aromatic rings. The Labute approximate surface area is 124 Å². The van der Waals surface area contributed by atoms with Crippen LogP contribution >= 0.6 is 11.6 Å². The van der Waals surface area contributed by atoms with E-state index in [1.165, 1.54) is 10.9 Å². The van der Waals surface area contributed by atoms with Crippen molar-refractivity contribution < 1.29 is 5.11 Å². The SMILES string of the molecule is CCCn1ncc(NCC(C)(O)CN(C)C)c(Cl)c1=O. The van der Waals surface area contributed by atoms with Crippen molar-refractivity contribution in [2.45, 2.75) is 32.4 Å². The largest absolute Gasteiger partial charge is 0.387 e. The second kappa shape index (κ2) is 7.06. The number of nitrogens with one attached hydrogen (secondary N) is 1. The van der Waals surface area contributed by atoms with Gasteiger partial charge in [0.2, 0.25) is 0 Å². The Hall–Kier alpha value is -1.11. The van der Waals surface area contributed by atoms with Gasteiger partial charge in [0, 0.05) is 19.6 Å². The molecule has 0 amide bonds. The zero-order chi connectivity index (χ0) is 15.3. The van der Waals surface area contributed by atoms with Gasteiger partial charge in [-0.1, -0.05) is 18.5 Å². The molecule has 0 aliphatic heterocycles. The minimum atomic E-state index is -0.925. The molecule has 0 radical (unpaired) electrons. The van der Waals surface area contributed by atoms with Crippen LogP contribution in [0.1, 0.15) is 20.3 Å². The number of aryl methyl sites for hydroxylation is 1. The van der Waals surface area contributed by atoms with E-state index in [4.69, 9.17) is 11.6 Å². The summed E-state index contributed by atoms with van der Waals surface area (Å²) in [6, 6.07) is 0. The Balaban J connectivity index is 2.79. The summed E-state index contributed by atoms with van der Waals surface area (Å²) in [5.74, 6) is 0. The van der Waals surface area contributed by atoms with Gasteiger partial charge in [-0.15, -0.1) is 0 Å². The molecular weight excluding hydrogens is 280 g/mol. The van der Waals surface area contributed by atoms with Crippen LogP contribution in [0.25, 0.3) is 0 Å². The smallest absolute Gasteiger partial charge is 0.287 e. The number of likely N-dealkylation sites (N-methyl/N-ethyl adjacent to an activating group) is 1. The highest BCUT2D eigenvalue weighted by atomic mass is 35.5. The van der Waals surface area contributed by atoms with Crippen LogP contribution in [0.2, 0.25) is 5.02 Å². The first-order chi connectivity index (χ1) is 9.26. The van der Waals surface area contributed by atoms with Crippen molar-refractivity contribution in [2.24, 2.45) is 0 Å². The molecular formula is C13H23ClN4O2. The summed E-state index contributed by atoms with van der Waals surface area (Å²) in [6.45, 7) is 5.01. The summed E-state index contributed by atoms with van der Waals surface area (Å²) in [6.07, 6.45) is 2.33. The Morgan fingerprint density at radius 2 is 2.20 bits per heavy atom. The van der Waals surface area contributed by atoms with Gasteiger partial charge in [0.05, 0.1) is 17.5 Å². The van der Waals surface area contributed by atoms with E-state index in [1.54, 1.807) is 6.92 Å². The van der Waals surface area contributed by atoms with Crippen LogP contribution in [0.4, 0.5) is 5.69 Å². The van der Waals surface area contributed by atoms with Crippen molar-refractivity contribution in [3.63, 3.8) is 0 Å². The number of hydrogen-bond acceptors (Lipinski definition) is 5. The van der Waals surface area contributed by atoms with E-state index in [0.29, 0.717) is 18.8 Å². The highest BCUT2D eigenvalue weighted by molar-refractivity contribution is 6.32. The van der Waals surface area contributed by atoms with Crippen molar-refractivity contribution >= 4 is 17.3 Å². The summed E-state index contributed by atoms with van der Waals surface area (Å²) in [7, 11) is 3.77. The monoisotopic (exact) mass is 302 g/mol. The Morgan fingerprint density at radius 1 is 1.55 bits per heavy atom. The van der Waals surface area contributed by atoms with Crippen molar-refractivity contribution in [1.29, 1.82) is 0 Å². The van der Waals surface area contributed by atoms with Crippen molar-refractivity contribution in [2.75, 3.05) is 32.5 Å². The molecule has 1 rings (SSSR count). The Bertz CT molecular complexity index is 500. The third kappa shape index (κ3) is 4.77. The first kappa shape index (κ1) is 16.9. The summed E-state index contributed by atoms with van der Waals surface area (Å²) >= 11 is 6.04. The van der Waals surface area contributed by atoms with E-state index < -0.39 is 5.60 Å². The molecule has 0 spiro atoms. The molecule has 0 fully saturated rings. The lowest BCUT2D eigenvalue weighted by Crippen LogP contribution is -2.43. The second-order valence-electron chi connectivity index (χ2n) is 5.49. The molecule has 6 nitrogen and oxygen atoms in total. The van der Waals surface area contributed by atoms with Crippen LogP contribution < -0.4 is 10.9 Å². The highest BCUT2D eigenvalue weighted by Gasteiger charge is 2.22. The van der Waals surface area contributed by atoms with Crippen molar-refractivity contribution in [1.82, 2.24) is 14.7 Å². The molecule has 0 saturated heterocycles. The van der Waals surface area contributed by atoms with Crippen LogP contribution in [0.5, 0.6) is 0 Å². The van der Waals surface area contributed by atoms with E-state index >= 15 is 0 Å². The summed E-state index contributed by atoms with van der Waals surface area (Å²) in [5.41, 5.74) is -0.792. The molecule has 0 saturated carbocycles. The van der Waals surface area contributed by atoms with Gasteiger partial charge in [0.15, 0.2) is 0 Å². The zero-order valence-corrected chi connectivity index (χ0v) is 13.2. The lowest BCUT2D eigenvalue weighted by Gasteiger charge is -2.27. The van der Waals surface area contributed by atoms with Gasteiger partial charge in [0.25, 0.3) is 5.56 Å². The molecule has 20 heavy (non-hydrogen) atoms. The third-order valence-electron chi connectivity index (χ3n) is 2.74. The fourth-order valence-corrected chi connectivity index (χ4v) is 2.20. The lowest BCUT2D eigenvalue weighted by atomic mass is 10.1. The maximum Gasteiger partial charge on any atom is 0.287 e. The number of anilines is 1. The molecule has 1 atom stereocenters. The second-order valence-corrected chi connectivity index (χ2v) is 5.87. The number of hydrogen-bond donors (Lipinski definition) is 2. The van der Waals surface area contributed by atoms with Crippen molar-refractivity contribution in [3.05, 3.63) is 21.6 Å². The predicted molar refractivity (Wildman–Crippen MR) is 81.5 cm³/mol. The molecule has 2 N–H and O–H groups in total. The van der Waals surface area contributed by atoms with Crippen LogP contribution in [-0.2, 0) is 6.54 Å². The lowest BCUT2D eigenvalue weighted by molar-refractivity contribution is 0.0460. The first-order valence-corrected chi connectivity index (χ1v) is 7.01. The molecule has 0 aliphatic carbocycles. The van der Waals surface area contributed by atoms with E-state index in [2.05, 4.69) is 10.4 Å². The van der Waals surface area contributed by atoms with Crippen LogP contribution in [0.15, 0.2) is 11.0 Å². The summed E-state index contributed by atoms with van der Waals surface area (Å²) < 4.78 is 1.34. The van der Waals surface area contributed by atoms with Gasteiger partial charge < -0.3 is 15.3 Å². The molecule has 0 bridgehead atoms. The minimum Gasteiger partial charge on any atom is -0.387 e. The number of halogens is 1. The van der Waals surface area contributed by atoms with Gasteiger partial charge in [-0.2, -0.15) is 5.10 Å². The number of rotatable bonds is 7. The van der Waals surface area contributed by atoms with Gasteiger partial charge in [0.1, 0.15) is 5.02 Å². The average molecular weight is 303 g/mol. The zero-order valence-electron chi connectivity index (χ0n) is 12.5. The maximum absolute atomic E-state index is 11.9. The van der Waals surface area contributed by atoms with E-state index in [1.807, 2.05) is 25.9 Å². The number of nitrogens with zero attached hydrogens (tertiary/aromatic N) is 3. The predicted octanol–water partition coefficient (Wildman–Crippen LogP) is 1.03. The number of aromatic nitrogens is 2. The number of aliphatic hydroxyl groups is 1. The molecule has 1 heterocycles. The third-order valence-corrected chi connectivity index (χ3v) is 3.10. The molecule has 1 unspecified atom stereocenters. The van der Waals surface area contributed by atoms with Crippen LogP contribution in [0, 0.1) is 0 Å². The summed E-state index contributed by atoms with van der Waals surface area (Å²) in [4.78, 5) is 13.8. The molecule has 114 valence electrons. The molecule has 1 aromatic heterocycles. The summed E-state index contributed by atoms with van der Waals surface area (Å²) in [5, 5.41) is 17.3. The molecule has 0 aliphatic rings. The topological polar surface area (TPSA) is 70.4 Å². The maximum atomic E-state index is 11.9. The van der Waals surface area contributed by atoms with E-state index in [9.17, 15) is 9.90 Å². The van der Waals surface area contributed by atoms with Gasteiger partial charge >= 0.3 is 0 Å². The molecule has 7 heteroatoms. The minimum absolute atomic E-state index is 0.106. The standard InChI is InChI=1S/C13H23ClN4O2/c1-5-6-18-12(19)11(14)10(7-16-18)15-8-13(2,20)9-17(3)4/h7,15,20H,5-6,8-9H2,1-4H3. The fraction of sp³-hybridized carbons (Fsp3) is 0.692. The first-order valence-electron chi connectivity index (χ1n) is 6.63. The highest BCUT2D eigenvalue weighted by Crippen LogP contribution is 2.16. The quantitative estimate of drug-likeness (QED) is 0.787. The fourth-order valence-electron chi connectivity index (χ4n) is 1.98. The van der Waals surface area contributed by atoms with Crippen LogP contribution in [-0.4, -0.2) is 52.6 Å². The van der Waals surface area contributed by atoms with E-state index in [0.717, 1.165) is 6.42 Å². The van der Waals surface area contributed by atoms with Crippen molar-refractivity contribution in [3.8, 4) is 0 Å². The van der Waals surface area contributed by atoms with Gasteiger partial charge in [-0.05, 0) is 27.4 Å². The van der Waals surface area contributed by atoms with E-state index in [-0.39, 0.29) is 17.1 Å². The van der Waals surface area contributed by atoms with Gasteiger partial charge in [-0.3, -0.25) is 4.79 Å². The average Bonchev–Trinajstić information content (AvgIpc) is 2.33. The normalized spacial score (nSPS) is 14.3. The molecule has 0 aromatic carbocycles.